The Kier molecular flexibility index (Phi) is 24.2. The molecule has 1 unspecified atom stereocenters. The predicted octanol–water partition coefficient (Wildman–Crippen LogP) is 6.64. The Balaban J connectivity index is 1.39. The van der Waals surface area contributed by atoms with E-state index in [9.17, 15) is 48.3 Å². The van der Waals surface area contributed by atoms with Gasteiger partial charge in [0, 0.05) is 75.6 Å². The number of aliphatic carboxylic acids is 1. The standard InChI is InChI=1S/C54H81N7O11S2/c1-11-34(5)40(28-45(63)54(7)22-16-23-59(54)8)50(67)60(9)42(33(3)4)29-43(72-53(71)55-12-2)49-58-41(32-74-49)48(66)57-38(25-35(6)52(69)70)26-36-18-20-37(21-19-36)27-39(62)31-56-46(64)17-14-13-15-24-61-47(65)30-44(73-10)51(61)68/h18-21,32-35,38,40,42-44H,11-17,22-31H2,1-10H3,(H,55,71)(H,56,64)(H,57,66)(H,69,70)/t34-,35-,38+,40-,42+,43+,44?,54+/m0/s1. The highest BCUT2D eigenvalue weighted by atomic mass is 32.2. The fourth-order valence-electron chi connectivity index (χ4n) is 9.70. The van der Waals surface area contributed by atoms with E-state index in [-0.39, 0.29) is 109 Å². The molecule has 2 aromatic rings. The maximum Gasteiger partial charge on any atom is 0.407 e. The smallest absolute Gasteiger partial charge is 0.407 e. The van der Waals surface area contributed by atoms with Gasteiger partial charge < -0.3 is 30.7 Å². The quantitative estimate of drug-likeness (QED) is 0.0457. The number of ketones is 2. The van der Waals surface area contributed by atoms with E-state index in [0.717, 1.165) is 36.3 Å². The molecule has 2 saturated heterocycles. The number of alkyl carbamates (subject to hydrolysis) is 1. The Morgan fingerprint density at radius 1 is 0.986 bits per heavy atom. The number of Topliss-reactive ketones (excluding diaryl/α,β-unsaturated/α-hetero) is 2. The van der Waals surface area contributed by atoms with Crippen molar-refractivity contribution in [1.29, 1.82) is 0 Å². The molecule has 2 aliphatic heterocycles. The highest BCUT2D eigenvalue weighted by molar-refractivity contribution is 8.00. The SMILES string of the molecule is CCNC(=O)O[C@H](C[C@H](C(C)C)N(C)C(=O)[C@@H](CC(=O)[C@@]1(C)CCCN1C)[C@@H](C)CC)c1nc(C(=O)N[C@@H](Cc2ccc(CC(=O)CNC(=O)CCCCCN3C(=O)CC(SC)C3=O)cc2)C[C@H](C)C(=O)O)cs1. The van der Waals surface area contributed by atoms with Crippen LogP contribution in [0.25, 0.3) is 0 Å². The Morgan fingerprint density at radius 2 is 1.68 bits per heavy atom. The van der Waals surface area contributed by atoms with Crippen molar-refractivity contribution in [1.82, 2.24) is 35.6 Å². The number of unbranched alkanes of at least 4 members (excludes halogenated alkanes) is 2. The average Bonchev–Trinajstić information content (AvgIpc) is 4.07. The van der Waals surface area contributed by atoms with Crippen LogP contribution in [0.2, 0.25) is 0 Å². The van der Waals surface area contributed by atoms with Gasteiger partial charge in [-0.1, -0.05) is 71.7 Å². The van der Waals surface area contributed by atoms with Gasteiger partial charge in [0.25, 0.3) is 5.91 Å². The summed E-state index contributed by atoms with van der Waals surface area (Å²) in [5, 5.41) is 19.7. The summed E-state index contributed by atoms with van der Waals surface area (Å²) >= 11 is 2.51. The van der Waals surface area contributed by atoms with Crippen molar-refractivity contribution in [2.45, 2.75) is 161 Å². The molecule has 8 atom stereocenters. The highest BCUT2D eigenvalue weighted by Crippen LogP contribution is 2.35. The molecule has 0 saturated carbocycles. The number of nitrogens with one attached hydrogen (secondary N) is 3. The number of ether oxygens (including phenoxy) is 1. The number of aromatic nitrogens is 1. The van der Waals surface area contributed by atoms with E-state index in [1.807, 2.05) is 60.1 Å². The molecule has 0 bridgehead atoms. The molecule has 0 spiro atoms. The number of thiazole rings is 1. The van der Waals surface area contributed by atoms with E-state index in [2.05, 4.69) is 25.8 Å². The predicted molar refractivity (Wildman–Crippen MR) is 286 cm³/mol. The van der Waals surface area contributed by atoms with Gasteiger partial charge in [-0.25, -0.2) is 9.78 Å². The van der Waals surface area contributed by atoms with Crippen molar-refractivity contribution < 1.29 is 53.0 Å². The lowest BCUT2D eigenvalue weighted by Crippen LogP contribution is -2.50. The number of nitrogens with zero attached hydrogens (tertiary/aromatic N) is 4. The summed E-state index contributed by atoms with van der Waals surface area (Å²) in [4.78, 5) is 127. The number of hydrogen-bond donors (Lipinski definition) is 4. The van der Waals surface area contributed by atoms with Gasteiger partial charge in [0.05, 0.1) is 23.3 Å². The Labute approximate surface area is 445 Å². The number of hydrogen-bond acceptors (Lipinski definition) is 14. The van der Waals surface area contributed by atoms with E-state index in [0.29, 0.717) is 49.3 Å². The van der Waals surface area contributed by atoms with Crippen LogP contribution >= 0.6 is 23.1 Å². The normalized spacial score (nSPS) is 19.3. The third kappa shape index (κ3) is 17.4. The van der Waals surface area contributed by atoms with E-state index < -0.39 is 53.5 Å². The van der Waals surface area contributed by atoms with Crippen LogP contribution in [-0.2, 0) is 51.1 Å². The summed E-state index contributed by atoms with van der Waals surface area (Å²) in [6.07, 6.45) is 5.53. The van der Waals surface area contributed by atoms with Gasteiger partial charge >= 0.3 is 12.1 Å². The number of carbonyl (C=O) groups excluding carboxylic acids is 8. The topological polar surface area (TPSA) is 242 Å². The van der Waals surface area contributed by atoms with Crippen LogP contribution in [-0.4, -0.2) is 147 Å². The molecule has 6 amide bonds. The first kappa shape index (κ1) is 61.3. The van der Waals surface area contributed by atoms with Crippen LogP contribution in [0, 0.1) is 23.7 Å². The van der Waals surface area contributed by atoms with Crippen molar-refractivity contribution in [3.63, 3.8) is 0 Å². The number of likely N-dealkylation sites (N-methyl/N-ethyl adjacent to an activating group) is 1. The maximum absolute atomic E-state index is 14.5. The lowest BCUT2D eigenvalue weighted by molar-refractivity contribution is -0.144. The second-order valence-electron chi connectivity index (χ2n) is 20.7. The number of thioether (sulfide) groups is 1. The minimum atomic E-state index is -1.02. The minimum absolute atomic E-state index is 0.0481. The van der Waals surface area contributed by atoms with Crippen molar-refractivity contribution in [2.24, 2.45) is 23.7 Å². The second-order valence-corrected chi connectivity index (χ2v) is 22.6. The number of carboxylic acid groups (broad SMARTS) is 1. The Morgan fingerprint density at radius 3 is 2.27 bits per heavy atom. The fourth-order valence-corrected chi connectivity index (χ4v) is 11.2. The average molecular weight is 1070 g/mol. The van der Waals surface area contributed by atoms with Gasteiger partial charge in [-0.3, -0.25) is 48.2 Å². The molecule has 410 valence electrons. The summed E-state index contributed by atoms with van der Waals surface area (Å²) in [5.74, 6) is -3.96. The summed E-state index contributed by atoms with van der Waals surface area (Å²) in [6.45, 7) is 14.6. The number of rotatable bonds is 31. The Bertz CT molecular complexity index is 2270. The van der Waals surface area contributed by atoms with Gasteiger partial charge in [-0.05, 0) is 95.2 Å². The third-order valence-electron chi connectivity index (χ3n) is 14.9. The summed E-state index contributed by atoms with van der Waals surface area (Å²) in [6, 6.07) is 6.10. The van der Waals surface area contributed by atoms with Gasteiger partial charge in [0.15, 0.2) is 17.7 Å². The van der Waals surface area contributed by atoms with Crippen molar-refractivity contribution in [2.75, 3.05) is 46.5 Å². The van der Waals surface area contributed by atoms with Crippen LogP contribution in [0.15, 0.2) is 29.6 Å². The van der Waals surface area contributed by atoms with E-state index >= 15 is 0 Å². The molecular formula is C54H81N7O11S2. The summed E-state index contributed by atoms with van der Waals surface area (Å²) < 4.78 is 5.95. The molecule has 18 nitrogen and oxygen atoms in total. The molecule has 74 heavy (non-hydrogen) atoms. The van der Waals surface area contributed by atoms with Gasteiger partial charge in [-0.15, -0.1) is 11.3 Å². The number of imide groups is 1. The number of carboxylic acids is 1. The number of likely N-dealkylation sites (tertiary alicyclic amines) is 2. The molecule has 20 heteroatoms. The van der Waals surface area contributed by atoms with E-state index in [1.165, 1.54) is 16.7 Å². The van der Waals surface area contributed by atoms with Crippen LogP contribution in [0.5, 0.6) is 0 Å². The maximum atomic E-state index is 14.5. The number of carbonyl (C=O) groups is 9. The molecule has 0 radical (unpaired) electrons. The van der Waals surface area contributed by atoms with Crippen LogP contribution in [0.1, 0.15) is 152 Å². The molecule has 2 aliphatic rings. The Hall–Kier alpha value is -5.21. The van der Waals surface area contributed by atoms with Crippen LogP contribution < -0.4 is 16.0 Å². The highest BCUT2D eigenvalue weighted by Gasteiger charge is 2.44. The van der Waals surface area contributed by atoms with E-state index in [1.54, 1.807) is 43.3 Å². The zero-order valence-electron chi connectivity index (χ0n) is 45.2. The van der Waals surface area contributed by atoms with Crippen molar-refractivity contribution in [3.05, 3.63) is 51.5 Å². The molecule has 0 aliphatic carbocycles. The minimum Gasteiger partial charge on any atom is -0.481 e. The fraction of sp³-hybridized carbons (Fsp3) is 0.667. The monoisotopic (exact) mass is 1070 g/mol. The molecule has 2 fully saturated rings. The lowest BCUT2D eigenvalue weighted by Gasteiger charge is -2.38. The largest absolute Gasteiger partial charge is 0.481 e. The summed E-state index contributed by atoms with van der Waals surface area (Å²) in [5.41, 5.74) is 0.922. The molecule has 1 aromatic carbocycles. The zero-order chi connectivity index (χ0) is 54.9. The van der Waals surface area contributed by atoms with Crippen LogP contribution in [0.3, 0.4) is 0 Å². The van der Waals surface area contributed by atoms with Crippen molar-refractivity contribution in [3.8, 4) is 0 Å². The van der Waals surface area contributed by atoms with Gasteiger partial charge in [0.2, 0.25) is 23.6 Å². The number of benzene rings is 1. The number of amides is 6. The van der Waals surface area contributed by atoms with Gasteiger partial charge in [-0.2, -0.15) is 11.8 Å². The first-order valence-corrected chi connectivity index (χ1v) is 28.4. The van der Waals surface area contributed by atoms with Crippen LogP contribution in [0.4, 0.5) is 4.79 Å². The molecule has 4 rings (SSSR count). The third-order valence-corrected chi connectivity index (χ3v) is 16.8. The first-order chi connectivity index (χ1) is 35.0. The first-order valence-electron chi connectivity index (χ1n) is 26.2. The second kappa shape index (κ2) is 29.2. The molecule has 3 heterocycles. The summed E-state index contributed by atoms with van der Waals surface area (Å²) in [7, 11) is 3.69. The molecular weight excluding hydrogens is 987 g/mol. The molecule has 4 N–H and O–H groups in total. The van der Waals surface area contributed by atoms with Gasteiger partial charge in [0.1, 0.15) is 10.7 Å². The molecule has 1 aromatic heterocycles. The zero-order valence-corrected chi connectivity index (χ0v) is 46.8. The lowest BCUT2D eigenvalue weighted by atomic mass is 9.80. The van der Waals surface area contributed by atoms with E-state index in [4.69, 9.17) is 4.74 Å². The van der Waals surface area contributed by atoms with Crippen molar-refractivity contribution >= 4 is 76.3 Å².